The van der Waals surface area contributed by atoms with Crippen molar-refractivity contribution in [2.24, 2.45) is 0 Å². The zero-order valence-corrected chi connectivity index (χ0v) is 16.7. The van der Waals surface area contributed by atoms with Crippen molar-refractivity contribution in [3.05, 3.63) is 51.0 Å². The van der Waals surface area contributed by atoms with E-state index >= 15 is 0 Å². The van der Waals surface area contributed by atoms with Gasteiger partial charge in [0.15, 0.2) is 0 Å². The maximum absolute atomic E-state index is 12.6. The molecule has 2 aromatic rings. The largest absolute Gasteiger partial charge is 0.376 e. The Labute approximate surface area is 164 Å². The fraction of sp³-hybridized carbons (Fsp3) is 0.524. The van der Waals surface area contributed by atoms with Crippen molar-refractivity contribution in [2.45, 2.75) is 51.8 Å². The Balaban J connectivity index is 1.35. The summed E-state index contributed by atoms with van der Waals surface area (Å²) in [5, 5.41) is 5.08. The minimum absolute atomic E-state index is 0.0493. The molecule has 0 unspecified atom stereocenters. The van der Waals surface area contributed by atoms with E-state index in [0.717, 1.165) is 63.2 Å². The molecule has 0 aromatic carbocycles. The van der Waals surface area contributed by atoms with Gasteiger partial charge in [0, 0.05) is 49.2 Å². The number of aromatic nitrogens is 1. The molecule has 1 N–H and O–H groups in total. The van der Waals surface area contributed by atoms with Crippen LogP contribution in [0.3, 0.4) is 0 Å². The van der Waals surface area contributed by atoms with Gasteiger partial charge in [-0.2, -0.15) is 0 Å². The highest BCUT2D eigenvalue weighted by atomic mass is 32.1. The van der Waals surface area contributed by atoms with Gasteiger partial charge in [0.25, 0.3) is 5.91 Å². The Hall–Kier alpha value is -1.76. The Morgan fingerprint density at radius 1 is 1.44 bits per heavy atom. The zero-order chi connectivity index (χ0) is 18.6. The molecule has 6 heteroatoms. The van der Waals surface area contributed by atoms with Crippen LogP contribution in [0.25, 0.3) is 0 Å². The summed E-state index contributed by atoms with van der Waals surface area (Å²) in [4.78, 5) is 20.9. The van der Waals surface area contributed by atoms with Gasteiger partial charge in [-0.25, -0.2) is 0 Å². The lowest BCUT2D eigenvalue weighted by molar-refractivity contribution is 0.0856. The average molecular weight is 386 g/mol. The number of carbonyl (C=O) groups is 1. The predicted molar refractivity (Wildman–Crippen MR) is 107 cm³/mol. The van der Waals surface area contributed by atoms with Gasteiger partial charge < -0.3 is 10.1 Å². The summed E-state index contributed by atoms with van der Waals surface area (Å²) in [6, 6.07) is 4.30. The third-order valence-electron chi connectivity index (χ3n) is 5.46. The molecule has 1 saturated heterocycles. The molecule has 4 heterocycles. The molecule has 0 bridgehead atoms. The lowest BCUT2D eigenvalue weighted by Gasteiger charge is -2.27. The zero-order valence-electron chi connectivity index (χ0n) is 15.9. The third kappa shape index (κ3) is 4.39. The topological polar surface area (TPSA) is 54.5 Å². The Kier molecular flexibility index (Phi) is 5.86. The number of carbonyl (C=O) groups excluding carboxylic acids is 1. The molecule has 5 nitrogen and oxygen atoms in total. The molecule has 0 saturated carbocycles. The molecule has 0 spiro atoms. The Bertz CT molecular complexity index is 781. The monoisotopic (exact) mass is 385 g/mol. The SMILES string of the molecule is CCc1ccc(CN2CCc3c(C(=O)NC[C@@H]4CCCO4)csc3C2)nc1. The average Bonchev–Trinajstić information content (AvgIpc) is 3.36. The van der Waals surface area contributed by atoms with Crippen LogP contribution < -0.4 is 5.32 Å². The van der Waals surface area contributed by atoms with E-state index in [2.05, 4.69) is 34.3 Å². The lowest BCUT2D eigenvalue weighted by atomic mass is 10.0. The van der Waals surface area contributed by atoms with E-state index in [1.165, 1.54) is 16.0 Å². The number of ether oxygens (including phenoxy) is 1. The maximum atomic E-state index is 12.6. The van der Waals surface area contributed by atoms with Gasteiger partial charge in [0.2, 0.25) is 0 Å². The number of rotatable bonds is 6. The van der Waals surface area contributed by atoms with E-state index in [9.17, 15) is 4.79 Å². The number of nitrogens with zero attached hydrogens (tertiary/aromatic N) is 2. The number of thiophene rings is 1. The minimum atomic E-state index is 0.0493. The van der Waals surface area contributed by atoms with E-state index in [4.69, 9.17) is 4.74 Å². The number of nitrogens with one attached hydrogen (secondary N) is 1. The van der Waals surface area contributed by atoms with Crippen LogP contribution in [-0.2, 0) is 30.7 Å². The third-order valence-corrected chi connectivity index (χ3v) is 6.48. The number of pyridine rings is 1. The highest BCUT2D eigenvalue weighted by molar-refractivity contribution is 7.10. The Morgan fingerprint density at radius 2 is 2.37 bits per heavy atom. The molecule has 27 heavy (non-hydrogen) atoms. The molecule has 2 aliphatic heterocycles. The summed E-state index contributed by atoms with van der Waals surface area (Å²) < 4.78 is 5.59. The first-order valence-electron chi connectivity index (χ1n) is 9.88. The smallest absolute Gasteiger partial charge is 0.252 e. The second kappa shape index (κ2) is 8.50. The molecule has 1 fully saturated rings. The van der Waals surface area contributed by atoms with Crippen LogP contribution in [0.15, 0.2) is 23.7 Å². The first-order chi connectivity index (χ1) is 13.2. The molecule has 0 aliphatic carbocycles. The molecule has 2 aliphatic rings. The predicted octanol–water partition coefficient (Wildman–Crippen LogP) is 3.17. The summed E-state index contributed by atoms with van der Waals surface area (Å²) in [5.74, 6) is 0.0493. The second-order valence-electron chi connectivity index (χ2n) is 7.37. The first-order valence-corrected chi connectivity index (χ1v) is 10.8. The lowest BCUT2D eigenvalue weighted by Crippen LogP contribution is -2.34. The van der Waals surface area contributed by atoms with E-state index < -0.39 is 0 Å². The Morgan fingerprint density at radius 3 is 3.11 bits per heavy atom. The molecule has 0 radical (unpaired) electrons. The van der Waals surface area contributed by atoms with Crippen molar-refractivity contribution in [3.8, 4) is 0 Å². The van der Waals surface area contributed by atoms with Crippen molar-refractivity contribution in [1.29, 1.82) is 0 Å². The molecule has 144 valence electrons. The summed E-state index contributed by atoms with van der Waals surface area (Å²) in [5.41, 5.74) is 4.48. The van der Waals surface area contributed by atoms with Crippen LogP contribution in [0.5, 0.6) is 0 Å². The molecular weight excluding hydrogens is 358 g/mol. The van der Waals surface area contributed by atoms with Gasteiger partial charge in [0.1, 0.15) is 0 Å². The number of hydrogen-bond acceptors (Lipinski definition) is 5. The van der Waals surface area contributed by atoms with Crippen LogP contribution >= 0.6 is 11.3 Å². The molecule has 1 amide bonds. The molecule has 1 atom stereocenters. The van der Waals surface area contributed by atoms with Gasteiger partial charge in [-0.05, 0) is 42.9 Å². The molecule has 4 rings (SSSR count). The van der Waals surface area contributed by atoms with E-state index in [1.54, 1.807) is 11.3 Å². The quantitative estimate of drug-likeness (QED) is 0.830. The van der Waals surface area contributed by atoms with Crippen LogP contribution in [0, 0.1) is 0 Å². The number of hydrogen-bond donors (Lipinski definition) is 1. The second-order valence-corrected chi connectivity index (χ2v) is 8.33. The van der Waals surface area contributed by atoms with Crippen LogP contribution in [0.4, 0.5) is 0 Å². The first kappa shape index (κ1) is 18.6. The maximum Gasteiger partial charge on any atom is 0.252 e. The van der Waals surface area contributed by atoms with Crippen LogP contribution in [-0.4, -0.2) is 41.6 Å². The van der Waals surface area contributed by atoms with Crippen LogP contribution in [0.2, 0.25) is 0 Å². The van der Waals surface area contributed by atoms with Crippen molar-refractivity contribution in [2.75, 3.05) is 19.7 Å². The normalized spacial score (nSPS) is 19.8. The fourth-order valence-corrected chi connectivity index (χ4v) is 4.92. The molecule has 2 aromatic heterocycles. The number of amides is 1. The van der Waals surface area contributed by atoms with Crippen molar-refractivity contribution in [3.63, 3.8) is 0 Å². The summed E-state index contributed by atoms with van der Waals surface area (Å²) in [6.45, 7) is 6.31. The minimum Gasteiger partial charge on any atom is -0.376 e. The molecular formula is C21H27N3O2S. The fourth-order valence-electron chi connectivity index (χ4n) is 3.80. The van der Waals surface area contributed by atoms with Crippen molar-refractivity contribution < 1.29 is 9.53 Å². The van der Waals surface area contributed by atoms with Crippen molar-refractivity contribution >= 4 is 17.2 Å². The van der Waals surface area contributed by atoms with Gasteiger partial charge in [-0.15, -0.1) is 11.3 Å². The highest BCUT2D eigenvalue weighted by Crippen LogP contribution is 2.29. The summed E-state index contributed by atoms with van der Waals surface area (Å²) in [7, 11) is 0. The highest BCUT2D eigenvalue weighted by Gasteiger charge is 2.25. The van der Waals surface area contributed by atoms with Gasteiger partial charge in [-0.1, -0.05) is 13.0 Å². The van der Waals surface area contributed by atoms with E-state index in [1.807, 2.05) is 11.6 Å². The van der Waals surface area contributed by atoms with E-state index in [0.29, 0.717) is 6.54 Å². The standard InChI is InChI=1S/C21H27N3O2S/c1-2-15-5-6-16(22-10-15)12-24-8-7-18-19(14-27-20(18)13-24)21(25)23-11-17-4-3-9-26-17/h5-6,10,14,17H,2-4,7-9,11-13H2,1H3,(H,23,25)/t17-/m0/s1. The van der Waals surface area contributed by atoms with Crippen molar-refractivity contribution in [1.82, 2.24) is 15.2 Å². The number of aryl methyl sites for hydroxylation is 1. The van der Waals surface area contributed by atoms with Crippen LogP contribution in [0.1, 0.15) is 51.8 Å². The van der Waals surface area contributed by atoms with Gasteiger partial charge in [0.05, 0.1) is 17.4 Å². The van der Waals surface area contributed by atoms with Gasteiger partial charge in [-0.3, -0.25) is 14.7 Å². The van der Waals surface area contributed by atoms with E-state index in [-0.39, 0.29) is 12.0 Å². The summed E-state index contributed by atoms with van der Waals surface area (Å²) >= 11 is 1.70. The van der Waals surface area contributed by atoms with Gasteiger partial charge >= 0.3 is 0 Å². The summed E-state index contributed by atoms with van der Waals surface area (Å²) in [6.07, 6.45) is 6.25. The number of fused-ring (bicyclic) bond motifs is 1.